The molecule has 0 saturated carbocycles. The van der Waals surface area contributed by atoms with Gasteiger partial charge in [0.05, 0.1) is 37.4 Å². The van der Waals surface area contributed by atoms with Crippen LogP contribution in [0.4, 0.5) is 18.9 Å². The summed E-state index contributed by atoms with van der Waals surface area (Å²) >= 11 is 0. The van der Waals surface area contributed by atoms with E-state index < -0.39 is 18.1 Å². The number of nitrogens with zero attached hydrogens (tertiary/aromatic N) is 1. The largest absolute Gasteiger partial charge is 0.542 e. The molecule has 3 rings (SSSR count). The normalized spacial score (nSPS) is 18.5. The van der Waals surface area contributed by atoms with Crippen LogP contribution < -0.4 is 15.7 Å². The number of aryl methyl sites for hydroxylation is 1. The van der Waals surface area contributed by atoms with Crippen LogP contribution in [0, 0.1) is 12.8 Å². The monoisotopic (exact) mass is 565 g/mol. The molecule has 218 valence electrons. The smallest absolute Gasteiger partial charge is 0.430 e. The number of piperidine rings is 1. The van der Waals surface area contributed by atoms with Crippen LogP contribution >= 0.6 is 0 Å². The van der Waals surface area contributed by atoms with Crippen molar-refractivity contribution in [1.82, 2.24) is 5.32 Å². The number of carboxylic acid groups (broad SMARTS) is 1. The number of benzene rings is 2. The Morgan fingerprint density at radius 3 is 2.30 bits per heavy atom. The number of carbonyl (C=O) groups excluding carboxylic acids is 4. The van der Waals surface area contributed by atoms with Crippen LogP contribution in [-0.4, -0.2) is 67.7 Å². The van der Waals surface area contributed by atoms with E-state index in [-0.39, 0.29) is 24.3 Å². The molecule has 1 heterocycles. The third kappa shape index (κ3) is 9.37. The van der Waals surface area contributed by atoms with Crippen molar-refractivity contribution in [2.45, 2.75) is 39.4 Å². The zero-order valence-corrected chi connectivity index (χ0v) is 22.7. The van der Waals surface area contributed by atoms with Crippen LogP contribution in [0.25, 0.3) is 0 Å². The van der Waals surface area contributed by atoms with Crippen molar-refractivity contribution < 1.29 is 46.7 Å². The topological polar surface area (TPSA) is 125 Å². The molecule has 1 saturated heterocycles. The summed E-state index contributed by atoms with van der Waals surface area (Å²) in [7, 11) is 1.32. The molecule has 2 amide bonds. The van der Waals surface area contributed by atoms with Crippen molar-refractivity contribution >= 4 is 29.4 Å². The van der Waals surface area contributed by atoms with Crippen molar-refractivity contribution in [2.75, 3.05) is 38.6 Å². The first kappa shape index (κ1) is 32.3. The van der Waals surface area contributed by atoms with Crippen molar-refractivity contribution in [1.29, 1.82) is 0 Å². The van der Waals surface area contributed by atoms with Crippen molar-refractivity contribution in [3.8, 4) is 0 Å². The molecule has 1 aliphatic rings. The molecule has 12 heteroatoms. The number of carbonyl (C=O) groups is 4. The lowest BCUT2D eigenvalue weighted by atomic mass is 9.93. The summed E-state index contributed by atoms with van der Waals surface area (Å²) in [6, 6.07) is 15.3. The average molecular weight is 566 g/mol. The summed E-state index contributed by atoms with van der Waals surface area (Å²) < 4.78 is 36.9. The van der Waals surface area contributed by atoms with Gasteiger partial charge in [-0.15, -0.1) is 0 Å². The van der Waals surface area contributed by atoms with Crippen LogP contribution in [0.15, 0.2) is 48.5 Å². The summed E-state index contributed by atoms with van der Waals surface area (Å²) in [5.74, 6) is -3.75. The number of nitrogens with one attached hydrogen (secondary N) is 2. The van der Waals surface area contributed by atoms with E-state index in [4.69, 9.17) is 14.6 Å². The number of halogens is 3. The highest BCUT2D eigenvalue weighted by Crippen LogP contribution is 2.28. The van der Waals surface area contributed by atoms with E-state index in [2.05, 4.69) is 22.8 Å². The van der Waals surface area contributed by atoms with Crippen LogP contribution in [0.3, 0.4) is 0 Å². The molecule has 1 aliphatic heterocycles. The summed E-state index contributed by atoms with van der Waals surface area (Å²) in [5, 5.41) is 14.7. The summed E-state index contributed by atoms with van der Waals surface area (Å²) in [6.07, 6.45) is -3.49. The van der Waals surface area contributed by atoms with Gasteiger partial charge in [0, 0.05) is 12.1 Å². The molecule has 0 bridgehead atoms. The van der Waals surface area contributed by atoms with Crippen molar-refractivity contribution in [3.05, 3.63) is 65.2 Å². The van der Waals surface area contributed by atoms with E-state index in [1.165, 1.54) is 7.11 Å². The molecule has 2 unspecified atom stereocenters. The highest BCUT2D eigenvalue weighted by atomic mass is 19.4. The number of hydrogen-bond acceptors (Lipinski definition) is 6. The lowest BCUT2D eigenvalue weighted by molar-refractivity contribution is -0.940. The Bertz CT molecular complexity index is 1190. The lowest BCUT2D eigenvalue weighted by Crippen LogP contribution is -2.58. The lowest BCUT2D eigenvalue weighted by Gasteiger charge is -2.43. The molecule has 0 aliphatic carbocycles. The number of quaternary nitrogens is 1. The van der Waals surface area contributed by atoms with Gasteiger partial charge >= 0.3 is 12.1 Å². The number of likely N-dealkylation sites (tertiary alicyclic amines) is 1. The number of methoxy groups -OCH3 is 1. The maximum absolute atomic E-state index is 13.3. The quantitative estimate of drug-likeness (QED) is 0.375. The van der Waals surface area contributed by atoms with Gasteiger partial charge in [0.25, 0.3) is 5.91 Å². The van der Waals surface area contributed by atoms with Crippen LogP contribution in [0.2, 0.25) is 0 Å². The zero-order valence-electron chi connectivity index (χ0n) is 22.7. The van der Waals surface area contributed by atoms with Gasteiger partial charge in [-0.2, -0.15) is 13.2 Å². The molecule has 0 aromatic heterocycles. The minimum Gasteiger partial charge on any atom is -0.542 e. The molecule has 2 N–H and O–H groups in total. The minimum absolute atomic E-state index is 0.0556. The third-order valence-electron chi connectivity index (χ3n) is 6.53. The van der Waals surface area contributed by atoms with Gasteiger partial charge in [-0.05, 0) is 38.3 Å². The molecule has 0 spiro atoms. The predicted molar refractivity (Wildman–Crippen MR) is 139 cm³/mol. The standard InChI is InChI=1S/C26H33N3O4.C2HF3O2/c1-4-27-25(31)21-13-9-15-29(17-21,16-20-11-6-5-7-12-20)18-23(30)28-24-19(2)10-8-14-22(24)26(32)33-3;3-2(4,5)1(6)7/h5-8,10-12,14,21H,4,9,13,15-18H2,1-3H3,(H-,27,28,30,31,32);(H,6,7). The second-order valence-electron chi connectivity index (χ2n) is 9.61. The van der Waals surface area contributed by atoms with Gasteiger partial charge in [0.2, 0.25) is 5.91 Å². The SMILES string of the molecule is CCNC(=O)C1CCC[N+](CC(=O)Nc2c(C)cccc2C(=O)OC)(Cc2ccccc2)C1.O=C([O-])C(F)(F)F. The maximum atomic E-state index is 13.3. The number of esters is 1. The fraction of sp³-hybridized carbons (Fsp3) is 0.429. The molecule has 2 aromatic rings. The van der Waals surface area contributed by atoms with E-state index in [0.29, 0.717) is 35.4 Å². The Kier molecular flexibility index (Phi) is 11.7. The summed E-state index contributed by atoms with van der Waals surface area (Å²) in [4.78, 5) is 47.0. The van der Waals surface area contributed by atoms with E-state index >= 15 is 0 Å². The average Bonchev–Trinajstić information content (AvgIpc) is 2.90. The number of carboxylic acids is 1. The molecule has 2 aromatic carbocycles. The molecule has 40 heavy (non-hydrogen) atoms. The number of alkyl halides is 3. The Morgan fingerprint density at radius 2 is 1.73 bits per heavy atom. The number of anilines is 1. The second kappa shape index (κ2) is 14.5. The number of para-hydroxylation sites is 1. The molecule has 2 atom stereocenters. The molecule has 9 nitrogen and oxygen atoms in total. The first-order valence-corrected chi connectivity index (χ1v) is 12.7. The van der Waals surface area contributed by atoms with Crippen LogP contribution in [0.5, 0.6) is 0 Å². The first-order valence-electron chi connectivity index (χ1n) is 12.7. The van der Waals surface area contributed by atoms with Gasteiger partial charge in [-0.1, -0.05) is 42.5 Å². The van der Waals surface area contributed by atoms with Gasteiger partial charge in [-0.25, -0.2) is 4.79 Å². The number of ether oxygens (including phenoxy) is 1. The van der Waals surface area contributed by atoms with E-state index in [1.807, 2.05) is 38.1 Å². The molecule has 0 radical (unpaired) electrons. The Morgan fingerprint density at radius 1 is 1.07 bits per heavy atom. The van der Waals surface area contributed by atoms with E-state index in [1.54, 1.807) is 12.1 Å². The molecular weight excluding hydrogens is 531 g/mol. The number of amides is 2. The van der Waals surface area contributed by atoms with Crippen LogP contribution in [-0.2, 0) is 25.7 Å². The zero-order chi connectivity index (χ0) is 29.9. The summed E-state index contributed by atoms with van der Waals surface area (Å²) in [6.45, 7) is 6.67. The highest BCUT2D eigenvalue weighted by molar-refractivity contribution is 6.02. The Labute approximate surface area is 230 Å². The van der Waals surface area contributed by atoms with E-state index in [0.717, 1.165) is 30.5 Å². The van der Waals surface area contributed by atoms with Crippen LogP contribution in [0.1, 0.15) is 41.3 Å². The fourth-order valence-corrected chi connectivity index (χ4v) is 4.77. The van der Waals surface area contributed by atoms with Crippen molar-refractivity contribution in [3.63, 3.8) is 0 Å². The van der Waals surface area contributed by atoms with Crippen molar-refractivity contribution in [2.24, 2.45) is 5.92 Å². The number of hydrogen-bond donors (Lipinski definition) is 2. The Hall–Kier alpha value is -3.93. The predicted octanol–water partition coefficient (Wildman–Crippen LogP) is 2.58. The molecular formula is C28H34F3N3O6. The first-order chi connectivity index (χ1) is 18.8. The number of aliphatic carboxylic acids is 1. The van der Waals surface area contributed by atoms with Gasteiger partial charge in [-0.3, -0.25) is 9.59 Å². The third-order valence-corrected chi connectivity index (χ3v) is 6.53. The fourth-order valence-electron chi connectivity index (χ4n) is 4.77. The Balaban J connectivity index is 0.000000708. The van der Waals surface area contributed by atoms with E-state index in [9.17, 15) is 27.6 Å². The summed E-state index contributed by atoms with van der Waals surface area (Å²) in [5.41, 5.74) is 2.73. The molecule has 1 fully saturated rings. The second-order valence-corrected chi connectivity index (χ2v) is 9.61. The van der Waals surface area contributed by atoms with Gasteiger partial charge in [0.15, 0.2) is 6.54 Å². The van der Waals surface area contributed by atoms with Gasteiger partial charge < -0.3 is 29.8 Å². The minimum atomic E-state index is -5.19. The maximum Gasteiger partial charge on any atom is 0.430 e. The number of rotatable bonds is 8. The van der Waals surface area contributed by atoms with Gasteiger partial charge in [0.1, 0.15) is 12.5 Å². The highest BCUT2D eigenvalue weighted by Gasteiger charge is 2.40.